The van der Waals surface area contributed by atoms with Crippen molar-refractivity contribution in [2.45, 2.75) is 26.0 Å². The van der Waals surface area contributed by atoms with Crippen LogP contribution in [0.3, 0.4) is 0 Å². The molecule has 0 spiro atoms. The normalized spacial score (nSPS) is 22.1. The second kappa shape index (κ2) is 6.78. The predicted octanol–water partition coefficient (Wildman–Crippen LogP) is 0.605. The Morgan fingerprint density at radius 1 is 1.57 bits per heavy atom. The smallest absolute Gasteiger partial charge is 0.251 e. The maximum absolute atomic E-state index is 11.8. The van der Waals surface area contributed by atoms with Crippen LogP contribution >= 0.6 is 0 Å². The molecule has 4 N–H and O–H groups in total. The maximum atomic E-state index is 11.8. The quantitative estimate of drug-likeness (QED) is 0.708. The number of ether oxygens (including phenoxy) is 1. The van der Waals surface area contributed by atoms with Crippen LogP contribution in [0.15, 0.2) is 18.2 Å². The van der Waals surface area contributed by atoms with Gasteiger partial charge >= 0.3 is 0 Å². The van der Waals surface area contributed by atoms with Gasteiger partial charge in [0.05, 0.1) is 30.7 Å². The lowest BCUT2D eigenvalue weighted by atomic mass is 10.1. The topological polar surface area (TPSA) is 87.8 Å². The molecule has 0 radical (unpaired) electrons. The molecule has 1 aromatic rings. The summed E-state index contributed by atoms with van der Waals surface area (Å²) in [6, 6.07) is 5.49. The highest BCUT2D eigenvalue weighted by Gasteiger charge is 2.27. The second-order valence-electron chi connectivity index (χ2n) is 5.27. The monoisotopic (exact) mass is 293 g/mol. The highest BCUT2D eigenvalue weighted by molar-refractivity contribution is 5.96. The number of nitrogen functional groups attached to an aromatic ring is 1. The van der Waals surface area contributed by atoms with Gasteiger partial charge in [-0.2, -0.15) is 0 Å². The molecule has 2 rings (SSSR count). The zero-order valence-electron chi connectivity index (χ0n) is 12.5. The molecule has 1 aliphatic heterocycles. The summed E-state index contributed by atoms with van der Waals surface area (Å²) in [6.45, 7) is 5.62. The number of morpholine rings is 1. The number of amides is 1. The SMILES string of the molecule is CCNC(=O)c1ccc(N2CC(CO)OCC2C)c(N)c1. The van der Waals surface area contributed by atoms with E-state index in [4.69, 9.17) is 10.5 Å². The van der Waals surface area contributed by atoms with Crippen molar-refractivity contribution >= 4 is 17.3 Å². The Morgan fingerprint density at radius 2 is 2.33 bits per heavy atom. The molecule has 2 atom stereocenters. The number of nitrogens with one attached hydrogen (secondary N) is 1. The summed E-state index contributed by atoms with van der Waals surface area (Å²) in [7, 11) is 0. The van der Waals surface area contributed by atoms with Crippen molar-refractivity contribution in [1.29, 1.82) is 0 Å². The Balaban J connectivity index is 2.21. The highest BCUT2D eigenvalue weighted by Crippen LogP contribution is 2.28. The summed E-state index contributed by atoms with van der Waals surface area (Å²) in [5.41, 5.74) is 8.10. The Bertz CT molecular complexity index is 507. The molecule has 0 aliphatic carbocycles. The molecule has 1 fully saturated rings. The third-order valence-corrected chi connectivity index (χ3v) is 3.65. The third-order valence-electron chi connectivity index (χ3n) is 3.65. The lowest BCUT2D eigenvalue weighted by Crippen LogP contribution is -2.49. The largest absolute Gasteiger partial charge is 0.397 e. The van der Waals surface area contributed by atoms with E-state index < -0.39 is 0 Å². The van der Waals surface area contributed by atoms with Crippen LogP contribution < -0.4 is 16.0 Å². The summed E-state index contributed by atoms with van der Waals surface area (Å²) < 4.78 is 5.53. The van der Waals surface area contributed by atoms with Gasteiger partial charge in [-0.25, -0.2) is 0 Å². The summed E-state index contributed by atoms with van der Waals surface area (Å²) in [5.74, 6) is -0.126. The van der Waals surface area contributed by atoms with Gasteiger partial charge in [-0.15, -0.1) is 0 Å². The number of aliphatic hydroxyl groups is 1. The fourth-order valence-corrected chi connectivity index (χ4v) is 2.48. The third kappa shape index (κ3) is 3.46. The fourth-order valence-electron chi connectivity index (χ4n) is 2.48. The number of nitrogens with two attached hydrogens (primary N) is 1. The molecular weight excluding hydrogens is 270 g/mol. The van der Waals surface area contributed by atoms with E-state index in [0.29, 0.717) is 30.9 Å². The molecule has 2 unspecified atom stereocenters. The summed E-state index contributed by atoms with van der Waals surface area (Å²) >= 11 is 0. The molecule has 0 saturated carbocycles. The van der Waals surface area contributed by atoms with Crippen molar-refractivity contribution in [3.63, 3.8) is 0 Å². The van der Waals surface area contributed by atoms with E-state index >= 15 is 0 Å². The van der Waals surface area contributed by atoms with E-state index in [2.05, 4.69) is 10.2 Å². The number of benzene rings is 1. The molecule has 21 heavy (non-hydrogen) atoms. The molecule has 0 bridgehead atoms. The molecule has 1 amide bonds. The number of nitrogens with zero attached hydrogens (tertiary/aromatic N) is 1. The molecular formula is C15H23N3O3. The van der Waals surface area contributed by atoms with Crippen LogP contribution in [0.4, 0.5) is 11.4 Å². The van der Waals surface area contributed by atoms with Crippen LogP contribution in [0.1, 0.15) is 24.2 Å². The Morgan fingerprint density at radius 3 is 2.95 bits per heavy atom. The Labute approximate surface area is 124 Å². The molecule has 6 nitrogen and oxygen atoms in total. The van der Waals surface area contributed by atoms with Gasteiger partial charge in [0, 0.05) is 24.7 Å². The Kier molecular flexibility index (Phi) is 5.03. The first-order chi connectivity index (χ1) is 10.1. The lowest BCUT2D eigenvalue weighted by Gasteiger charge is -2.39. The maximum Gasteiger partial charge on any atom is 0.251 e. The standard InChI is InChI=1S/C15H23N3O3/c1-3-17-15(20)11-4-5-14(13(16)6-11)18-7-12(8-19)21-9-10(18)2/h4-6,10,12,19H,3,7-9,16H2,1-2H3,(H,17,20). The zero-order valence-corrected chi connectivity index (χ0v) is 12.5. The van der Waals surface area contributed by atoms with E-state index in [1.165, 1.54) is 0 Å². The van der Waals surface area contributed by atoms with Crippen molar-refractivity contribution in [1.82, 2.24) is 5.32 Å². The minimum absolute atomic E-state index is 0.0138. The first kappa shape index (κ1) is 15.6. The number of carbonyl (C=O) groups excluding carboxylic acids is 1. The summed E-state index contributed by atoms with van der Waals surface area (Å²) in [6.07, 6.45) is -0.205. The van der Waals surface area contributed by atoms with Crippen LogP contribution in [0.2, 0.25) is 0 Å². The molecule has 0 aromatic heterocycles. The molecule has 1 aliphatic rings. The first-order valence-corrected chi connectivity index (χ1v) is 7.23. The van der Waals surface area contributed by atoms with Gasteiger partial charge in [-0.05, 0) is 32.0 Å². The van der Waals surface area contributed by atoms with Crippen molar-refractivity contribution in [3.05, 3.63) is 23.8 Å². The van der Waals surface area contributed by atoms with Gasteiger partial charge < -0.3 is 25.8 Å². The number of rotatable bonds is 4. The first-order valence-electron chi connectivity index (χ1n) is 7.23. The molecule has 116 valence electrons. The molecule has 1 aromatic carbocycles. The van der Waals surface area contributed by atoms with Gasteiger partial charge in [-0.3, -0.25) is 4.79 Å². The number of aliphatic hydroxyl groups excluding tert-OH is 1. The van der Waals surface area contributed by atoms with E-state index in [1.54, 1.807) is 12.1 Å². The fraction of sp³-hybridized carbons (Fsp3) is 0.533. The van der Waals surface area contributed by atoms with E-state index in [1.807, 2.05) is 19.9 Å². The predicted molar refractivity (Wildman–Crippen MR) is 82.5 cm³/mol. The van der Waals surface area contributed by atoms with Crippen LogP contribution in [-0.4, -0.2) is 49.5 Å². The van der Waals surface area contributed by atoms with Crippen LogP contribution in [0.25, 0.3) is 0 Å². The van der Waals surface area contributed by atoms with Crippen molar-refractivity contribution < 1.29 is 14.6 Å². The lowest BCUT2D eigenvalue weighted by molar-refractivity contribution is -0.0102. The van der Waals surface area contributed by atoms with Crippen LogP contribution in [0.5, 0.6) is 0 Å². The van der Waals surface area contributed by atoms with Crippen molar-refractivity contribution in [2.75, 3.05) is 36.9 Å². The summed E-state index contributed by atoms with van der Waals surface area (Å²) in [5, 5.41) is 12.0. The number of anilines is 2. The van der Waals surface area contributed by atoms with Gasteiger partial charge in [-0.1, -0.05) is 0 Å². The second-order valence-corrected chi connectivity index (χ2v) is 5.27. The van der Waals surface area contributed by atoms with E-state index in [9.17, 15) is 9.90 Å². The minimum atomic E-state index is -0.205. The minimum Gasteiger partial charge on any atom is -0.397 e. The molecule has 1 saturated heterocycles. The number of carbonyl (C=O) groups is 1. The summed E-state index contributed by atoms with van der Waals surface area (Å²) in [4.78, 5) is 13.9. The average molecular weight is 293 g/mol. The Hall–Kier alpha value is -1.79. The van der Waals surface area contributed by atoms with Crippen LogP contribution in [-0.2, 0) is 4.74 Å². The zero-order chi connectivity index (χ0) is 15.4. The number of hydrogen-bond donors (Lipinski definition) is 3. The van der Waals surface area contributed by atoms with Gasteiger partial charge in [0.2, 0.25) is 0 Å². The van der Waals surface area contributed by atoms with E-state index in [0.717, 1.165) is 5.69 Å². The van der Waals surface area contributed by atoms with Crippen molar-refractivity contribution in [3.8, 4) is 0 Å². The highest BCUT2D eigenvalue weighted by atomic mass is 16.5. The number of hydrogen-bond acceptors (Lipinski definition) is 5. The van der Waals surface area contributed by atoms with Crippen molar-refractivity contribution in [2.24, 2.45) is 0 Å². The molecule has 1 heterocycles. The van der Waals surface area contributed by atoms with Crippen LogP contribution in [0, 0.1) is 0 Å². The van der Waals surface area contributed by atoms with Gasteiger partial charge in [0.25, 0.3) is 5.91 Å². The van der Waals surface area contributed by atoms with E-state index in [-0.39, 0.29) is 24.7 Å². The molecule has 6 heteroatoms. The van der Waals surface area contributed by atoms with Gasteiger partial charge in [0.1, 0.15) is 0 Å². The average Bonchev–Trinajstić information content (AvgIpc) is 2.48. The van der Waals surface area contributed by atoms with Gasteiger partial charge in [0.15, 0.2) is 0 Å².